The topological polar surface area (TPSA) is 101 Å². The molecule has 2 atom stereocenters. The number of amides is 2. The first kappa shape index (κ1) is 15.2. The molecule has 1 saturated carbocycles. The number of anilines is 1. The Balaban J connectivity index is 1.89. The standard InChI is InChI=1S/C14H19N3O4/c1-14(2)10(6-11(14)21-3)17-13(20)16-8-4-5-9(12(18)19)15-7-8/h4-5,7,10-11H,6H2,1-3H3,(H,18,19)(H2,16,17,20). The second kappa shape index (κ2) is 5.69. The Morgan fingerprint density at radius 2 is 2.14 bits per heavy atom. The minimum absolute atomic E-state index is 0.0358. The van der Waals surface area contributed by atoms with Gasteiger partial charge in [0, 0.05) is 18.6 Å². The molecule has 0 aromatic carbocycles. The highest BCUT2D eigenvalue weighted by Crippen LogP contribution is 2.42. The fourth-order valence-electron chi connectivity index (χ4n) is 2.45. The van der Waals surface area contributed by atoms with E-state index < -0.39 is 5.97 Å². The largest absolute Gasteiger partial charge is 0.477 e. The summed E-state index contributed by atoms with van der Waals surface area (Å²) in [6, 6.07) is 2.53. The number of carboxylic acid groups (broad SMARTS) is 1. The minimum atomic E-state index is -1.10. The minimum Gasteiger partial charge on any atom is -0.477 e. The number of hydrogen-bond acceptors (Lipinski definition) is 4. The zero-order valence-electron chi connectivity index (χ0n) is 12.2. The van der Waals surface area contributed by atoms with Gasteiger partial charge < -0.3 is 20.5 Å². The molecule has 1 aliphatic rings. The fourth-order valence-corrected chi connectivity index (χ4v) is 2.45. The van der Waals surface area contributed by atoms with Crippen LogP contribution in [0.15, 0.2) is 18.3 Å². The summed E-state index contributed by atoms with van der Waals surface area (Å²) in [4.78, 5) is 26.3. The molecule has 7 heteroatoms. The van der Waals surface area contributed by atoms with E-state index in [1.807, 2.05) is 13.8 Å². The summed E-state index contributed by atoms with van der Waals surface area (Å²) in [5, 5.41) is 14.3. The van der Waals surface area contributed by atoms with Crippen molar-refractivity contribution in [3.05, 3.63) is 24.0 Å². The van der Waals surface area contributed by atoms with Gasteiger partial charge in [-0.1, -0.05) is 13.8 Å². The molecule has 1 heterocycles. The maximum Gasteiger partial charge on any atom is 0.354 e. The van der Waals surface area contributed by atoms with Crippen LogP contribution in [0.25, 0.3) is 0 Å². The first-order valence-corrected chi connectivity index (χ1v) is 6.64. The molecule has 0 radical (unpaired) electrons. The summed E-state index contributed by atoms with van der Waals surface area (Å²) < 4.78 is 5.33. The third-order valence-corrected chi connectivity index (χ3v) is 4.01. The molecule has 2 amide bonds. The van der Waals surface area contributed by atoms with Gasteiger partial charge >= 0.3 is 12.0 Å². The molecule has 0 bridgehead atoms. The molecule has 2 rings (SSSR count). The fraction of sp³-hybridized carbons (Fsp3) is 0.500. The summed E-state index contributed by atoms with van der Waals surface area (Å²) in [5.74, 6) is -1.10. The van der Waals surface area contributed by atoms with Crippen LogP contribution in [0.2, 0.25) is 0 Å². The van der Waals surface area contributed by atoms with Gasteiger partial charge in [0.2, 0.25) is 0 Å². The number of nitrogens with one attached hydrogen (secondary N) is 2. The van der Waals surface area contributed by atoms with E-state index in [1.165, 1.54) is 18.3 Å². The molecule has 1 fully saturated rings. The van der Waals surface area contributed by atoms with Crippen LogP contribution in [0, 0.1) is 5.41 Å². The molecule has 1 aromatic heterocycles. The summed E-state index contributed by atoms with van der Waals surface area (Å²) in [5.41, 5.74) is 0.263. The van der Waals surface area contributed by atoms with Gasteiger partial charge in [-0.25, -0.2) is 14.6 Å². The van der Waals surface area contributed by atoms with Crippen LogP contribution in [0.3, 0.4) is 0 Å². The SMILES string of the molecule is COC1CC(NC(=O)Nc2ccc(C(=O)O)nc2)C1(C)C. The number of carbonyl (C=O) groups excluding carboxylic acids is 1. The van der Waals surface area contributed by atoms with Crippen LogP contribution in [-0.2, 0) is 4.74 Å². The smallest absolute Gasteiger partial charge is 0.354 e. The normalized spacial score (nSPS) is 23.0. The van der Waals surface area contributed by atoms with Crippen molar-refractivity contribution in [2.45, 2.75) is 32.4 Å². The number of ether oxygens (including phenoxy) is 1. The average Bonchev–Trinajstić information content (AvgIpc) is 2.43. The molecule has 0 spiro atoms. The second-order valence-electron chi connectivity index (χ2n) is 5.67. The van der Waals surface area contributed by atoms with Crippen LogP contribution >= 0.6 is 0 Å². The van der Waals surface area contributed by atoms with Crippen molar-refractivity contribution in [2.24, 2.45) is 5.41 Å². The van der Waals surface area contributed by atoms with E-state index >= 15 is 0 Å². The number of carbonyl (C=O) groups is 2. The lowest BCUT2D eigenvalue weighted by Crippen LogP contribution is -2.62. The summed E-state index contributed by atoms with van der Waals surface area (Å²) >= 11 is 0. The second-order valence-corrected chi connectivity index (χ2v) is 5.67. The predicted octanol–water partition coefficient (Wildman–Crippen LogP) is 1.71. The van der Waals surface area contributed by atoms with Crippen LogP contribution < -0.4 is 10.6 Å². The highest BCUT2D eigenvalue weighted by molar-refractivity contribution is 5.90. The van der Waals surface area contributed by atoms with Crippen LogP contribution in [-0.4, -0.2) is 41.3 Å². The highest BCUT2D eigenvalue weighted by atomic mass is 16.5. The first-order valence-electron chi connectivity index (χ1n) is 6.64. The molecule has 1 aliphatic carbocycles. The maximum absolute atomic E-state index is 11.9. The van der Waals surface area contributed by atoms with Crippen molar-refractivity contribution in [3.8, 4) is 0 Å². The van der Waals surface area contributed by atoms with Crippen LogP contribution in [0.4, 0.5) is 10.5 Å². The van der Waals surface area contributed by atoms with Crippen LogP contribution in [0.5, 0.6) is 0 Å². The summed E-state index contributed by atoms with van der Waals surface area (Å²) in [7, 11) is 1.67. The number of pyridine rings is 1. The molecule has 114 valence electrons. The van der Waals surface area contributed by atoms with Crippen molar-refractivity contribution in [1.82, 2.24) is 10.3 Å². The van der Waals surface area contributed by atoms with Gasteiger partial charge in [0.05, 0.1) is 18.0 Å². The predicted molar refractivity (Wildman–Crippen MR) is 76.3 cm³/mol. The number of methoxy groups -OCH3 is 1. The molecular formula is C14H19N3O4. The average molecular weight is 293 g/mol. The Bertz CT molecular complexity index is 542. The number of aromatic carboxylic acids is 1. The first-order chi connectivity index (χ1) is 9.84. The summed E-state index contributed by atoms with van der Waals surface area (Å²) in [6.45, 7) is 4.08. The van der Waals surface area contributed by atoms with E-state index in [1.54, 1.807) is 7.11 Å². The highest BCUT2D eigenvalue weighted by Gasteiger charge is 2.49. The third-order valence-electron chi connectivity index (χ3n) is 4.01. The monoisotopic (exact) mass is 293 g/mol. The van der Waals surface area contributed by atoms with Gasteiger partial charge in [-0.15, -0.1) is 0 Å². The summed E-state index contributed by atoms with van der Waals surface area (Å²) in [6.07, 6.45) is 2.22. The quantitative estimate of drug-likeness (QED) is 0.784. The van der Waals surface area contributed by atoms with Gasteiger partial charge in [0.1, 0.15) is 5.69 Å². The van der Waals surface area contributed by atoms with E-state index in [0.717, 1.165) is 6.42 Å². The van der Waals surface area contributed by atoms with Crippen molar-refractivity contribution >= 4 is 17.7 Å². The molecule has 1 aromatic rings. The maximum atomic E-state index is 11.9. The number of hydrogen-bond donors (Lipinski definition) is 3. The van der Waals surface area contributed by atoms with E-state index in [2.05, 4.69) is 15.6 Å². The number of urea groups is 1. The lowest BCUT2D eigenvalue weighted by atomic mass is 9.64. The van der Waals surface area contributed by atoms with Gasteiger partial charge in [-0.3, -0.25) is 0 Å². The molecule has 0 aliphatic heterocycles. The molecular weight excluding hydrogens is 274 g/mol. The van der Waals surface area contributed by atoms with Gasteiger partial charge in [0.25, 0.3) is 0 Å². The molecule has 7 nitrogen and oxygen atoms in total. The van der Waals surface area contributed by atoms with E-state index in [4.69, 9.17) is 9.84 Å². The lowest BCUT2D eigenvalue weighted by Gasteiger charge is -2.51. The third kappa shape index (κ3) is 3.13. The number of aromatic nitrogens is 1. The Kier molecular flexibility index (Phi) is 4.13. The Morgan fingerprint density at radius 3 is 2.62 bits per heavy atom. The van der Waals surface area contributed by atoms with Crippen molar-refractivity contribution < 1.29 is 19.4 Å². The zero-order valence-corrected chi connectivity index (χ0v) is 12.2. The zero-order chi connectivity index (χ0) is 15.6. The Labute approximate surface area is 122 Å². The van der Waals surface area contributed by atoms with Gasteiger partial charge in [-0.05, 0) is 18.6 Å². The van der Waals surface area contributed by atoms with Crippen molar-refractivity contribution in [2.75, 3.05) is 12.4 Å². The molecule has 21 heavy (non-hydrogen) atoms. The number of carboxylic acids is 1. The van der Waals surface area contributed by atoms with Gasteiger partial charge in [0.15, 0.2) is 0 Å². The van der Waals surface area contributed by atoms with Gasteiger partial charge in [-0.2, -0.15) is 0 Å². The van der Waals surface area contributed by atoms with E-state index in [-0.39, 0.29) is 29.3 Å². The Morgan fingerprint density at radius 1 is 1.43 bits per heavy atom. The molecule has 0 saturated heterocycles. The molecule has 3 N–H and O–H groups in total. The van der Waals surface area contributed by atoms with Crippen LogP contribution in [0.1, 0.15) is 30.8 Å². The number of rotatable bonds is 4. The van der Waals surface area contributed by atoms with E-state index in [0.29, 0.717) is 5.69 Å². The van der Waals surface area contributed by atoms with E-state index in [9.17, 15) is 9.59 Å². The Hall–Kier alpha value is -2.15. The van der Waals surface area contributed by atoms with Crippen molar-refractivity contribution in [1.29, 1.82) is 0 Å². The molecule has 2 unspecified atom stereocenters. The number of nitrogens with zero attached hydrogens (tertiary/aromatic N) is 1. The van der Waals surface area contributed by atoms with Crippen molar-refractivity contribution in [3.63, 3.8) is 0 Å². The lowest BCUT2D eigenvalue weighted by molar-refractivity contribution is -0.0931.